The lowest BCUT2D eigenvalue weighted by atomic mass is 9.81. The van der Waals surface area contributed by atoms with Gasteiger partial charge in [0, 0.05) is 34.7 Å². The summed E-state index contributed by atoms with van der Waals surface area (Å²) >= 11 is 0. The fourth-order valence-electron chi connectivity index (χ4n) is 4.04. The number of nitrogens with zero attached hydrogens (tertiary/aromatic N) is 2. The molecule has 34 heavy (non-hydrogen) atoms. The summed E-state index contributed by atoms with van der Waals surface area (Å²) in [5.74, 6) is -0.394. The second-order valence-corrected chi connectivity index (χ2v) is 8.39. The summed E-state index contributed by atoms with van der Waals surface area (Å²) in [6, 6.07) is 26.3. The second kappa shape index (κ2) is 8.83. The van der Waals surface area contributed by atoms with Crippen LogP contribution in [0.1, 0.15) is 54.1 Å². The van der Waals surface area contributed by atoms with Gasteiger partial charge in [-0.1, -0.05) is 77.9 Å². The topological polar surface area (TPSA) is 58.9 Å². The predicted molar refractivity (Wildman–Crippen MR) is 137 cm³/mol. The third kappa shape index (κ3) is 4.02. The molecule has 0 bridgehead atoms. The zero-order chi connectivity index (χ0) is 23.7. The first kappa shape index (κ1) is 21.4. The van der Waals surface area contributed by atoms with Crippen LogP contribution in [0.4, 0.5) is 11.4 Å². The van der Waals surface area contributed by atoms with Crippen molar-refractivity contribution >= 4 is 35.4 Å². The third-order valence-corrected chi connectivity index (χ3v) is 5.90. The monoisotopic (exact) mass is 442 g/mol. The Morgan fingerprint density at radius 1 is 0.588 bits per heavy atom. The molecular formula is C30H22N2O2. The van der Waals surface area contributed by atoms with Crippen molar-refractivity contribution in [1.29, 1.82) is 0 Å². The summed E-state index contributed by atoms with van der Waals surface area (Å²) in [5, 5.41) is 0. The van der Waals surface area contributed by atoms with E-state index < -0.39 is 0 Å². The minimum absolute atomic E-state index is 0.192. The molecule has 0 N–H and O–H groups in total. The van der Waals surface area contributed by atoms with Gasteiger partial charge >= 0.3 is 0 Å². The van der Waals surface area contributed by atoms with Crippen LogP contribution >= 0.6 is 0 Å². The van der Waals surface area contributed by atoms with Crippen LogP contribution < -0.4 is 0 Å². The highest BCUT2D eigenvalue weighted by Crippen LogP contribution is 2.34. The summed E-state index contributed by atoms with van der Waals surface area (Å²) < 4.78 is 0. The van der Waals surface area contributed by atoms with Crippen molar-refractivity contribution in [1.82, 2.24) is 0 Å². The lowest BCUT2D eigenvalue weighted by Gasteiger charge is -2.20. The van der Waals surface area contributed by atoms with Gasteiger partial charge in [0.2, 0.25) is 0 Å². The number of carbonyl (C=O) groups is 2. The van der Waals surface area contributed by atoms with Crippen LogP contribution in [0.3, 0.4) is 0 Å². The number of ketones is 2. The Morgan fingerprint density at radius 2 is 1.18 bits per heavy atom. The average Bonchev–Trinajstić information content (AvgIpc) is 2.86. The van der Waals surface area contributed by atoms with E-state index in [9.17, 15) is 9.59 Å². The quantitative estimate of drug-likeness (QED) is 0.295. The zero-order valence-electron chi connectivity index (χ0n) is 18.9. The van der Waals surface area contributed by atoms with Crippen LogP contribution in [0.5, 0.6) is 0 Å². The molecule has 0 aliphatic heterocycles. The van der Waals surface area contributed by atoms with Gasteiger partial charge in [0.1, 0.15) is 0 Å². The lowest BCUT2D eigenvalue weighted by Crippen LogP contribution is -2.22. The van der Waals surface area contributed by atoms with Crippen molar-refractivity contribution in [3.63, 3.8) is 0 Å². The normalized spacial score (nSPS) is 12.9. The summed E-state index contributed by atoms with van der Waals surface area (Å²) in [5.41, 5.74) is 6.60. The van der Waals surface area contributed by atoms with Gasteiger partial charge in [-0.25, -0.2) is 0 Å². The van der Waals surface area contributed by atoms with Crippen LogP contribution in [-0.2, 0) is 0 Å². The molecule has 4 aromatic carbocycles. The van der Waals surface area contributed by atoms with Crippen LogP contribution in [0.2, 0.25) is 0 Å². The molecule has 0 saturated heterocycles. The Hall–Kier alpha value is -4.44. The lowest BCUT2D eigenvalue weighted by molar-refractivity contribution is 0.0979. The number of benzene rings is 4. The molecule has 0 amide bonds. The van der Waals surface area contributed by atoms with Crippen LogP contribution in [0, 0.1) is 13.8 Å². The van der Waals surface area contributed by atoms with Gasteiger partial charge in [0.15, 0.2) is 11.6 Å². The van der Waals surface area contributed by atoms with Crippen LogP contribution in [0.25, 0.3) is 0 Å². The van der Waals surface area contributed by atoms with E-state index >= 15 is 0 Å². The summed E-state index contributed by atoms with van der Waals surface area (Å²) in [6.45, 7) is 4.04. The minimum Gasteiger partial charge on any atom is -0.289 e. The number of aryl methyl sites for hydroxylation is 2. The Kier molecular flexibility index (Phi) is 5.56. The van der Waals surface area contributed by atoms with Crippen molar-refractivity contribution in [2.45, 2.75) is 13.8 Å². The fraction of sp³-hybridized carbons (Fsp3) is 0.0667. The molecule has 4 aromatic rings. The molecule has 1 aliphatic rings. The molecule has 0 spiro atoms. The molecule has 0 aromatic heterocycles. The zero-order valence-corrected chi connectivity index (χ0v) is 18.9. The van der Waals surface area contributed by atoms with E-state index in [1.54, 1.807) is 42.8 Å². The number of fused-ring (bicyclic) bond motifs is 2. The van der Waals surface area contributed by atoms with Gasteiger partial charge in [0.05, 0.1) is 16.9 Å². The molecule has 0 unspecified atom stereocenters. The summed E-state index contributed by atoms with van der Waals surface area (Å²) in [4.78, 5) is 36.1. The Balaban J connectivity index is 1.54. The largest absolute Gasteiger partial charge is 0.289 e. The molecule has 4 nitrogen and oxygen atoms in total. The standard InChI is InChI=1S/C30H22N2O2/c1-19-9-13-21(14-10-19)17-32-26-8-4-7-25-28(26)30(34)24-6-3-5-22(27(24)29(25)33)18-31-23-15-11-20(2)12-16-23/h3-18H,1-2H3. The summed E-state index contributed by atoms with van der Waals surface area (Å²) in [7, 11) is 0. The van der Waals surface area contributed by atoms with Crippen LogP contribution in [-0.4, -0.2) is 24.0 Å². The maximum Gasteiger partial charge on any atom is 0.196 e. The fourth-order valence-corrected chi connectivity index (χ4v) is 4.04. The maximum atomic E-state index is 13.5. The predicted octanol–water partition coefficient (Wildman–Crippen LogP) is 6.58. The van der Waals surface area contributed by atoms with Crippen molar-refractivity contribution in [3.8, 4) is 0 Å². The van der Waals surface area contributed by atoms with E-state index in [1.807, 2.05) is 68.4 Å². The maximum absolute atomic E-state index is 13.5. The molecule has 4 heteroatoms. The number of hydrogen-bond donors (Lipinski definition) is 0. The second-order valence-electron chi connectivity index (χ2n) is 8.39. The molecule has 164 valence electrons. The van der Waals surface area contributed by atoms with Gasteiger partial charge < -0.3 is 0 Å². The molecule has 0 fully saturated rings. The van der Waals surface area contributed by atoms with Crippen molar-refractivity contribution in [3.05, 3.63) is 129 Å². The molecule has 0 saturated carbocycles. The van der Waals surface area contributed by atoms with E-state index in [0.29, 0.717) is 33.5 Å². The van der Waals surface area contributed by atoms with Crippen molar-refractivity contribution in [2.75, 3.05) is 0 Å². The number of carbonyl (C=O) groups excluding carboxylic acids is 2. The van der Waals surface area contributed by atoms with Gasteiger partial charge in [-0.05, 0) is 37.6 Å². The minimum atomic E-state index is -0.202. The Labute approximate surface area is 198 Å². The highest BCUT2D eigenvalue weighted by molar-refractivity contribution is 6.31. The first-order valence-corrected chi connectivity index (χ1v) is 11.1. The first-order chi connectivity index (χ1) is 16.5. The van der Waals surface area contributed by atoms with Crippen LogP contribution in [0.15, 0.2) is 94.9 Å². The highest BCUT2D eigenvalue weighted by atomic mass is 16.1. The summed E-state index contributed by atoms with van der Waals surface area (Å²) in [6.07, 6.45) is 3.37. The molecule has 0 atom stereocenters. The van der Waals surface area contributed by atoms with Gasteiger partial charge in [-0.15, -0.1) is 0 Å². The number of aliphatic imine (C=N–C) groups is 2. The molecule has 1 aliphatic carbocycles. The highest BCUT2D eigenvalue weighted by Gasteiger charge is 2.33. The third-order valence-electron chi connectivity index (χ3n) is 5.90. The smallest absolute Gasteiger partial charge is 0.196 e. The average molecular weight is 443 g/mol. The number of hydrogen-bond acceptors (Lipinski definition) is 4. The van der Waals surface area contributed by atoms with E-state index in [-0.39, 0.29) is 11.6 Å². The van der Waals surface area contributed by atoms with E-state index in [1.165, 1.54) is 0 Å². The molecule has 5 rings (SSSR count). The Morgan fingerprint density at radius 3 is 1.88 bits per heavy atom. The van der Waals surface area contributed by atoms with Crippen molar-refractivity contribution in [2.24, 2.45) is 9.98 Å². The van der Waals surface area contributed by atoms with E-state index in [4.69, 9.17) is 0 Å². The molecule has 0 radical (unpaired) electrons. The molecular weight excluding hydrogens is 420 g/mol. The van der Waals surface area contributed by atoms with E-state index in [2.05, 4.69) is 9.98 Å². The Bertz CT molecular complexity index is 1360. The molecule has 0 heterocycles. The SMILES string of the molecule is Cc1ccc(C=Nc2cccc3c2C(=O)c2cccc(C=Nc4ccc(C)cc4)c2C3=O)cc1. The van der Waals surface area contributed by atoms with Gasteiger partial charge in [0.25, 0.3) is 0 Å². The van der Waals surface area contributed by atoms with E-state index in [0.717, 1.165) is 22.4 Å². The first-order valence-electron chi connectivity index (χ1n) is 11.1. The van der Waals surface area contributed by atoms with Crippen molar-refractivity contribution < 1.29 is 9.59 Å². The van der Waals surface area contributed by atoms with Gasteiger partial charge in [-0.3, -0.25) is 19.6 Å². The number of rotatable bonds is 4. The van der Waals surface area contributed by atoms with Gasteiger partial charge in [-0.2, -0.15) is 0 Å².